The largest absolute Gasteiger partial charge is 0.392 e. The minimum atomic E-state index is -0.404. The van der Waals surface area contributed by atoms with Crippen molar-refractivity contribution < 1.29 is 14.3 Å². The van der Waals surface area contributed by atoms with Crippen LogP contribution in [0.1, 0.15) is 84.0 Å². The van der Waals surface area contributed by atoms with Gasteiger partial charge in [-0.2, -0.15) is 0 Å². The van der Waals surface area contributed by atoms with Gasteiger partial charge in [-0.3, -0.25) is 4.79 Å². The normalized spacial score (nSPS) is 18.8. The maximum Gasteiger partial charge on any atom is 0.330 e. The molecule has 0 unspecified atom stereocenters. The van der Waals surface area contributed by atoms with Gasteiger partial charge in [0.2, 0.25) is 0 Å². The first-order chi connectivity index (χ1) is 10.2. The van der Waals surface area contributed by atoms with Gasteiger partial charge < -0.3 is 10.1 Å². The molecule has 1 aliphatic heterocycles. The van der Waals surface area contributed by atoms with Gasteiger partial charge in [-0.15, -0.1) is 0 Å². The van der Waals surface area contributed by atoms with E-state index in [1.165, 1.54) is 57.8 Å². The van der Waals surface area contributed by atoms with Crippen molar-refractivity contribution in [3.05, 3.63) is 0 Å². The average molecular weight is 297 g/mol. The summed E-state index contributed by atoms with van der Waals surface area (Å²) < 4.78 is 4.61. The van der Waals surface area contributed by atoms with Gasteiger partial charge in [0.05, 0.1) is 0 Å². The highest BCUT2D eigenvalue weighted by molar-refractivity contribution is 5.91. The molecule has 1 atom stereocenters. The number of hydrogen-bond acceptors (Lipinski definition) is 4. The third kappa shape index (κ3) is 8.86. The minimum Gasteiger partial charge on any atom is -0.392 e. The van der Waals surface area contributed by atoms with Crippen molar-refractivity contribution in [2.75, 3.05) is 6.54 Å². The van der Waals surface area contributed by atoms with E-state index in [4.69, 9.17) is 0 Å². The number of rotatable bonds is 12. The molecule has 4 nitrogen and oxygen atoms in total. The Labute approximate surface area is 129 Å². The number of cyclic esters (lactones) is 2. The third-order valence-electron chi connectivity index (χ3n) is 4.06. The van der Waals surface area contributed by atoms with Gasteiger partial charge in [0.1, 0.15) is 6.04 Å². The zero-order chi connectivity index (χ0) is 15.3. The highest BCUT2D eigenvalue weighted by Gasteiger charge is 2.27. The van der Waals surface area contributed by atoms with E-state index in [0.29, 0.717) is 12.8 Å². The van der Waals surface area contributed by atoms with Gasteiger partial charge in [-0.05, 0) is 19.4 Å². The molecule has 0 bridgehead atoms. The first-order valence-corrected chi connectivity index (χ1v) is 8.72. The summed E-state index contributed by atoms with van der Waals surface area (Å²) in [4.78, 5) is 22.3. The lowest BCUT2D eigenvalue weighted by atomic mass is 10.1. The van der Waals surface area contributed by atoms with E-state index in [0.717, 1.165) is 13.0 Å². The van der Waals surface area contributed by atoms with E-state index < -0.39 is 11.9 Å². The van der Waals surface area contributed by atoms with Crippen LogP contribution in [0.4, 0.5) is 0 Å². The molecule has 1 aliphatic rings. The minimum absolute atomic E-state index is 0.277. The molecule has 0 aromatic rings. The van der Waals surface area contributed by atoms with Crippen molar-refractivity contribution in [2.24, 2.45) is 0 Å². The van der Waals surface area contributed by atoms with Crippen LogP contribution in [0, 0.1) is 0 Å². The number of esters is 2. The highest BCUT2D eigenvalue weighted by Crippen LogP contribution is 2.11. The van der Waals surface area contributed by atoms with Gasteiger partial charge in [-0.1, -0.05) is 64.7 Å². The first kappa shape index (κ1) is 18.1. The number of nitrogens with one attached hydrogen (secondary N) is 1. The van der Waals surface area contributed by atoms with Crippen LogP contribution >= 0.6 is 0 Å². The Kier molecular flexibility index (Phi) is 10.1. The molecule has 1 rings (SSSR count). The Hall–Kier alpha value is -0.900. The van der Waals surface area contributed by atoms with E-state index in [-0.39, 0.29) is 6.04 Å². The molecule has 1 fully saturated rings. The topological polar surface area (TPSA) is 55.4 Å². The Morgan fingerprint density at radius 2 is 1.52 bits per heavy atom. The van der Waals surface area contributed by atoms with Crippen LogP contribution in [0.3, 0.4) is 0 Å². The van der Waals surface area contributed by atoms with Crippen molar-refractivity contribution in [1.29, 1.82) is 0 Å². The summed E-state index contributed by atoms with van der Waals surface area (Å²) in [7, 11) is 0. The van der Waals surface area contributed by atoms with Crippen LogP contribution in [0.25, 0.3) is 0 Å². The van der Waals surface area contributed by atoms with E-state index in [2.05, 4.69) is 17.0 Å². The molecule has 0 radical (unpaired) electrons. The summed E-state index contributed by atoms with van der Waals surface area (Å²) in [6.07, 6.45) is 14.0. The summed E-state index contributed by atoms with van der Waals surface area (Å²) in [5.41, 5.74) is 0. The van der Waals surface area contributed by atoms with E-state index in [1.807, 2.05) is 0 Å². The summed E-state index contributed by atoms with van der Waals surface area (Å²) in [5.74, 6) is -0.796. The van der Waals surface area contributed by atoms with Crippen LogP contribution < -0.4 is 5.32 Å². The number of hydrogen-bond donors (Lipinski definition) is 1. The molecule has 0 aromatic carbocycles. The molecule has 1 heterocycles. The van der Waals surface area contributed by atoms with Crippen LogP contribution in [-0.4, -0.2) is 24.5 Å². The maximum atomic E-state index is 11.4. The molecule has 1 saturated heterocycles. The second-order valence-corrected chi connectivity index (χ2v) is 6.02. The second kappa shape index (κ2) is 11.7. The summed E-state index contributed by atoms with van der Waals surface area (Å²) in [5, 5.41) is 3.19. The summed E-state index contributed by atoms with van der Waals surface area (Å²) >= 11 is 0. The van der Waals surface area contributed by atoms with E-state index >= 15 is 0 Å². The SMILES string of the molecule is CCCCCCCCCCCCN[C@H]1CCC(=O)OC1=O. The number of unbranched alkanes of at least 4 members (excludes halogenated alkanes) is 9. The number of ether oxygens (including phenoxy) is 1. The van der Waals surface area contributed by atoms with Crippen molar-refractivity contribution >= 4 is 11.9 Å². The van der Waals surface area contributed by atoms with Crippen LogP contribution in [0.15, 0.2) is 0 Å². The Bertz CT molecular complexity index is 304. The van der Waals surface area contributed by atoms with Crippen molar-refractivity contribution in [2.45, 2.75) is 90.0 Å². The fourth-order valence-electron chi connectivity index (χ4n) is 2.69. The predicted molar refractivity (Wildman–Crippen MR) is 84.0 cm³/mol. The smallest absolute Gasteiger partial charge is 0.330 e. The van der Waals surface area contributed by atoms with Gasteiger partial charge in [0.25, 0.3) is 0 Å². The summed E-state index contributed by atoms with van der Waals surface area (Å²) in [6, 6.07) is -0.277. The van der Waals surface area contributed by atoms with Gasteiger partial charge >= 0.3 is 11.9 Å². The standard InChI is InChI=1S/C17H31NO3/c1-2-3-4-5-6-7-8-9-10-11-14-18-15-12-13-16(19)21-17(15)20/h15,18H,2-14H2,1H3/t15-/m0/s1. The number of carbonyl (C=O) groups excluding carboxylic acids is 2. The zero-order valence-electron chi connectivity index (χ0n) is 13.5. The lowest BCUT2D eigenvalue weighted by Crippen LogP contribution is -2.43. The molecule has 4 heteroatoms. The van der Waals surface area contributed by atoms with E-state index in [1.54, 1.807) is 0 Å². The van der Waals surface area contributed by atoms with Crippen molar-refractivity contribution in [3.8, 4) is 0 Å². The molecular weight excluding hydrogens is 266 g/mol. The molecule has 0 saturated carbocycles. The Morgan fingerprint density at radius 3 is 2.10 bits per heavy atom. The molecular formula is C17H31NO3. The molecule has 1 N–H and O–H groups in total. The van der Waals surface area contributed by atoms with Crippen molar-refractivity contribution in [3.63, 3.8) is 0 Å². The second-order valence-electron chi connectivity index (χ2n) is 6.02. The molecule has 0 aliphatic carbocycles. The van der Waals surface area contributed by atoms with Gasteiger partial charge in [0.15, 0.2) is 0 Å². The van der Waals surface area contributed by atoms with Gasteiger partial charge in [0, 0.05) is 6.42 Å². The van der Waals surface area contributed by atoms with Gasteiger partial charge in [-0.25, -0.2) is 4.79 Å². The van der Waals surface area contributed by atoms with E-state index in [9.17, 15) is 9.59 Å². The third-order valence-corrected chi connectivity index (χ3v) is 4.06. The molecule has 21 heavy (non-hydrogen) atoms. The van der Waals surface area contributed by atoms with Crippen LogP contribution in [-0.2, 0) is 14.3 Å². The highest BCUT2D eigenvalue weighted by atomic mass is 16.6. The molecule has 122 valence electrons. The Morgan fingerprint density at radius 1 is 0.952 bits per heavy atom. The molecule has 0 amide bonds. The average Bonchev–Trinajstić information content (AvgIpc) is 2.46. The number of carbonyl (C=O) groups is 2. The Balaban J connectivity index is 1.84. The van der Waals surface area contributed by atoms with Crippen molar-refractivity contribution in [1.82, 2.24) is 5.32 Å². The fourth-order valence-corrected chi connectivity index (χ4v) is 2.69. The molecule has 0 spiro atoms. The quantitative estimate of drug-likeness (QED) is 0.339. The maximum absolute atomic E-state index is 11.4. The monoisotopic (exact) mass is 297 g/mol. The lowest BCUT2D eigenvalue weighted by molar-refractivity contribution is -0.165. The lowest BCUT2D eigenvalue weighted by Gasteiger charge is -2.20. The summed E-state index contributed by atoms with van der Waals surface area (Å²) in [6.45, 7) is 3.09. The zero-order valence-corrected chi connectivity index (χ0v) is 13.5. The fraction of sp³-hybridized carbons (Fsp3) is 0.882. The predicted octanol–water partition coefficient (Wildman–Crippen LogP) is 3.73. The first-order valence-electron chi connectivity index (χ1n) is 8.72. The molecule has 0 aromatic heterocycles. The van der Waals surface area contributed by atoms with Crippen LogP contribution in [0.5, 0.6) is 0 Å². The van der Waals surface area contributed by atoms with Crippen LogP contribution in [0.2, 0.25) is 0 Å².